The van der Waals surface area contributed by atoms with Crippen LogP contribution in [0.2, 0.25) is 5.02 Å². The molecule has 28 heavy (non-hydrogen) atoms. The zero-order valence-corrected chi connectivity index (χ0v) is 17.2. The van der Waals surface area contributed by atoms with Crippen LogP contribution in [-0.4, -0.2) is 77.3 Å². The lowest BCUT2D eigenvalue weighted by atomic mass is 10.2. The third-order valence-electron chi connectivity index (χ3n) is 5.27. The third-order valence-corrected chi connectivity index (χ3v) is 6.40. The largest absolute Gasteiger partial charge is 0.342 e. The molecule has 2 saturated heterocycles. The van der Waals surface area contributed by atoms with Crippen LogP contribution in [0.15, 0.2) is 29.6 Å². The Morgan fingerprint density at radius 2 is 1.79 bits per heavy atom. The van der Waals surface area contributed by atoms with E-state index in [9.17, 15) is 9.59 Å². The number of benzene rings is 1. The number of piperazine rings is 1. The molecule has 2 aliphatic heterocycles. The minimum absolute atomic E-state index is 0.0463. The van der Waals surface area contributed by atoms with E-state index in [1.54, 1.807) is 0 Å². The average Bonchev–Trinajstić information content (AvgIpc) is 3.40. The predicted molar refractivity (Wildman–Crippen MR) is 111 cm³/mol. The molecule has 4 rings (SSSR count). The summed E-state index contributed by atoms with van der Waals surface area (Å²) in [5.74, 6) is 0.165. The number of halogens is 1. The van der Waals surface area contributed by atoms with Gasteiger partial charge in [-0.05, 0) is 25.0 Å². The Labute approximate surface area is 173 Å². The number of carbonyl (C=O) groups excluding carboxylic acids is 2. The highest BCUT2D eigenvalue weighted by molar-refractivity contribution is 7.13. The lowest BCUT2D eigenvalue weighted by molar-refractivity contribution is -0.131. The molecule has 0 spiro atoms. The molecule has 8 heteroatoms. The third kappa shape index (κ3) is 4.37. The summed E-state index contributed by atoms with van der Waals surface area (Å²) >= 11 is 7.50. The van der Waals surface area contributed by atoms with E-state index < -0.39 is 0 Å². The monoisotopic (exact) mass is 418 g/mol. The maximum atomic E-state index is 12.8. The van der Waals surface area contributed by atoms with Crippen molar-refractivity contribution in [2.45, 2.75) is 12.8 Å². The molecule has 2 aromatic rings. The molecule has 0 atom stereocenters. The number of aromatic nitrogens is 1. The number of hydrogen-bond acceptors (Lipinski definition) is 5. The van der Waals surface area contributed by atoms with Gasteiger partial charge in [0.15, 0.2) is 0 Å². The molecule has 1 aromatic heterocycles. The standard InChI is InChI=1S/C20H23ClN4O2S/c21-16-5-3-4-15(12-16)19-22-17(14-28-19)20(27)25-10-8-23(9-11-25)13-18(26)24-6-1-2-7-24/h3-5,12,14H,1-2,6-11,13H2. The van der Waals surface area contributed by atoms with Crippen LogP contribution in [0.4, 0.5) is 0 Å². The van der Waals surface area contributed by atoms with Gasteiger partial charge in [-0.15, -0.1) is 11.3 Å². The number of amides is 2. The van der Waals surface area contributed by atoms with E-state index in [-0.39, 0.29) is 11.8 Å². The van der Waals surface area contributed by atoms with Crippen molar-refractivity contribution in [1.29, 1.82) is 0 Å². The fourth-order valence-corrected chi connectivity index (χ4v) is 4.64. The first kappa shape index (κ1) is 19.4. The van der Waals surface area contributed by atoms with Crippen LogP contribution in [-0.2, 0) is 4.79 Å². The molecule has 0 saturated carbocycles. The van der Waals surface area contributed by atoms with Crippen molar-refractivity contribution in [3.8, 4) is 10.6 Å². The SMILES string of the molecule is O=C(CN1CCN(C(=O)c2csc(-c3cccc(Cl)c3)n2)CC1)N1CCCC1. The van der Waals surface area contributed by atoms with E-state index >= 15 is 0 Å². The van der Waals surface area contributed by atoms with E-state index in [0.29, 0.717) is 30.4 Å². The zero-order valence-electron chi connectivity index (χ0n) is 15.6. The molecule has 0 N–H and O–H groups in total. The van der Waals surface area contributed by atoms with E-state index in [0.717, 1.165) is 49.6 Å². The summed E-state index contributed by atoms with van der Waals surface area (Å²) in [6.07, 6.45) is 2.22. The summed E-state index contributed by atoms with van der Waals surface area (Å²) in [7, 11) is 0. The van der Waals surface area contributed by atoms with Gasteiger partial charge in [0.05, 0.1) is 6.54 Å². The smallest absolute Gasteiger partial charge is 0.273 e. The Morgan fingerprint density at radius 1 is 1.04 bits per heavy atom. The zero-order chi connectivity index (χ0) is 19.5. The Morgan fingerprint density at radius 3 is 2.50 bits per heavy atom. The van der Waals surface area contributed by atoms with Gasteiger partial charge in [0, 0.05) is 55.2 Å². The van der Waals surface area contributed by atoms with Gasteiger partial charge < -0.3 is 9.80 Å². The highest BCUT2D eigenvalue weighted by atomic mass is 35.5. The maximum Gasteiger partial charge on any atom is 0.273 e. The second-order valence-electron chi connectivity index (χ2n) is 7.20. The molecule has 2 aliphatic rings. The van der Waals surface area contributed by atoms with E-state index in [2.05, 4.69) is 9.88 Å². The van der Waals surface area contributed by atoms with Crippen molar-refractivity contribution in [1.82, 2.24) is 19.7 Å². The summed E-state index contributed by atoms with van der Waals surface area (Å²) in [5, 5.41) is 3.25. The minimum atomic E-state index is -0.0463. The molecule has 0 aliphatic carbocycles. The number of thiazole rings is 1. The minimum Gasteiger partial charge on any atom is -0.342 e. The Kier molecular flexibility index (Phi) is 5.94. The summed E-state index contributed by atoms with van der Waals surface area (Å²) < 4.78 is 0. The summed E-state index contributed by atoms with van der Waals surface area (Å²) in [6.45, 7) is 4.91. The average molecular weight is 419 g/mol. The molecule has 3 heterocycles. The topological polar surface area (TPSA) is 56.8 Å². The van der Waals surface area contributed by atoms with Crippen LogP contribution < -0.4 is 0 Å². The molecule has 0 unspecified atom stereocenters. The van der Waals surface area contributed by atoms with E-state index in [4.69, 9.17) is 11.6 Å². The molecule has 6 nitrogen and oxygen atoms in total. The molecular formula is C20H23ClN4O2S. The lowest BCUT2D eigenvalue weighted by Crippen LogP contribution is -2.51. The highest BCUT2D eigenvalue weighted by Crippen LogP contribution is 2.26. The Hall–Kier alpha value is -1.96. The van der Waals surface area contributed by atoms with Gasteiger partial charge in [0.2, 0.25) is 5.91 Å². The lowest BCUT2D eigenvalue weighted by Gasteiger charge is -2.34. The Bertz CT molecular complexity index is 857. The molecule has 0 radical (unpaired) electrons. The first-order valence-electron chi connectivity index (χ1n) is 9.61. The number of nitrogens with zero attached hydrogens (tertiary/aromatic N) is 4. The van der Waals surface area contributed by atoms with Crippen LogP contribution in [0.25, 0.3) is 10.6 Å². The fourth-order valence-electron chi connectivity index (χ4n) is 3.65. The number of hydrogen-bond donors (Lipinski definition) is 0. The van der Waals surface area contributed by atoms with Crippen molar-refractivity contribution < 1.29 is 9.59 Å². The number of rotatable bonds is 4. The Balaban J connectivity index is 1.32. The van der Waals surface area contributed by atoms with Crippen LogP contribution in [0, 0.1) is 0 Å². The van der Waals surface area contributed by atoms with Crippen molar-refractivity contribution in [3.05, 3.63) is 40.4 Å². The van der Waals surface area contributed by atoms with Crippen LogP contribution >= 0.6 is 22.9 Å². The maximum absolute atomic E-state index is 12.8. The molecule has 148 valence electrons. The van der Waals surface area contributed by atoms with Crippen LogP contribution in [0.1, 0.15) is 23.3 Å². The van der Waals surface area contributed by atoms with Crippen LogP contribution in [0.5, 0.6) is 0 Å². The molecule has 0 bridgehead atoms. The van der Waals surface area contributed by atoms with Gasteiger partial charge in [-0.25, -0.2) is 4.98 Å². The van der Waals surface area contributed by atoms with Gasteiger partial charge in [-0.3, -0.25) is 14.5 Å². The van der Waals surface area contributed by atoms with E-state index in [1.807, 2.05) is 39.4 Å². The van der Waals surface area contributed by atoms with Crippen molar-refractivity contribution in [2.24, 2.45) is 0 Å². The van der Waals surface area contributed by atoms with Crippen molar-refractivity contribution >= 4 is 34.8 Å². The summed E-state index contributed by atoms with van der Waals surface area (Å²) in [5.41, 5.74) is 1.39. The number of carbonyl (C=O) groups is 2. The second-order valence-corrected chi connectivity index (χ2v) is 8.50. The quantitative estimate of drug-likeness (QED) is 0.766. The predicted octanol–water partition coefficient (Wildman–Crippen LogP) is 2.84. The highest BCUT2D eigenvalue weighted by Gasteiger charge is 2.26. The van der Waals surface area contributed by atoms with Gasteiger partial charge in [0.1, 0.15) is 10.7 Å². The molecule has 2 fully saturated rings. The molecule has 2 amide bonds. The fraction of sp³-hybridized carbons (Fsp3) is 0.450. The normalized spacial score (nSPS) is 17.9. The molecule has 1 aromatic carbocycles. The number of likely N-dealkylation sites (tertiary alicyclic amines) is 1. The second kappa shape index (κ2) is 8.59. The van der Waals surface area contributed by atoms with Gasteiger partial charge in [-0.1, -0.05) is 23.7 Å². The van der Waals surface area contributed by atoms with Gasteiger partial charge in [0.25, 0.3) is 5.91 Å². The molecular weight excluding hydrogens is 396 g/mol. The summed E-state index contributed by atoms with van der Waals surface area (Å²) in [4.78, 5) is 35.5. The van der Waals surface area contributed by atoms with Crippen molar-refractivity contribution in [3.63, 3.8) is 0 Å². The first-order chi connectivity index (χ1) is 13.6. The van der Waals surface area contributed by atoms with Crippen molar-refractivity contribution in [2.75, 3.05) is 45.8 Å². The first-order valence-corrected chi connectivity index (χ1v) is 10.9. The van der Waals surface area contributed by atoms with Gasteiger partial charge in [-0.2, -0.15) is 0 Å². The summed E-state index contributed by atoms with van der Waals surface area (Å²) in [6, 6.07) is 7.49. The van der Waals surface area contributed by atoms with E-state index in [1.165, 1.54) is 11.3 Å². The van der Waals surface area contributed by atoms with Gasteiger partial charge >= 0.3 is 0 Å². The van der Waals surface area contributed by atoms with Crippen LogP contribution in [0.3, 0.4) is 0 Å².